The third kappa shape index (κ3) is 4.06. The van der Waals surface area contributed by atoms with E-state index in [0.717, 1.165) is 28.8 Å². The Hall–Kier alpha value is -0.340. The lowest BCUT2D eigenvalue weighted by atomic mass is 9.93. The van der Waals surface area contributed by atoms with Crippen LogP contribution in [0.2, 0.25) is 0 Å². The molecule has 1 nitrogen and oxygen atoms in total. The fraction of sp³-hybridized carbons (Fsp3) is 0.647. The number of halogens is 1. The molecule has 0 aliphatic heterocycles. The molecule has 1 fully saturated rings. The quantitative estimate of drug-likeness (QED) is 0.821. The van der Waals surface area contributed by atoms with Gasteiger partial charge in [0.2, 0.25) is 0 Å². The summed E-state index contributed by atoms with van der Waals surface area (Å²) in [7, 11) is 0. The number of rotatable bonds is 5. The van der Waals surface area contributed by atoms with Gasteiger partial charge >= 0.3 is 0 Å². The van der Waals surface area contributed by atoms with E-state index in [1.165, 1.54) is 24.8 Å². The van der Waals surface area contributed by atoms with Crippen molar-refractivity contribution in [1.29, 1.82) is 0 Å². The normalized spacial score (nSPS) is 28.5. The molecule has 2 heteroatoms. The van der Waals surface area contributed by atoms with Gasteiger partial charge in [0.15, 0.2) is 0 Å². The summed E-state index contributed by atoms with van der Waals surface area (Å²) in [6.45, 7) is 7.06. The van der Waals surface area contributed by atoms with Crippen LogP contribution >= 0.6 is 15.9 Å². The Bertz CT molecular complexity index is 387. The summed E-state index contributed by atoms with van der Waals surface area (Å²) >= 11 is 3.49. The van der Waals surface area contributed by atoms with Crippen molar-refractivity contribution in [2.75, 3.05) is 0 Å². The van der Waals surface area contributed by atoms with Crippen LogP contribution in [0.4, 0.5) is 0 Å². The van der Waals surface area contributed by atoms with E-state index in [4.69, 9.17) is 0 Å². The van der Waals surface area contributed by atoms with E-state index in [0.29, 0.717) is 6.04 Å². The van der Waals surface area contributed by atoms with Crippen molar-refractivity contribution in [3.63, 3.8) is 0 Å². The summed E-state index contributed by atoms with van der Waals surface area (Å²) < 4.78 is 1.16. The van der Waals surface area contributed by atoms with Crippen molar-refractivity contribution < 1.29 is 0 Å². The first-order valence-corrected chi connectivity index (χ1v) is 8.40. The molecule has 0 bridgehead atoms. The van der Waals surface area contributed by atoms with Gasteiger partial charge in [-0.3, -0.25) is 0 Å². The molecule has 4 unspecified atom stereocenters. The highest BCUT2D eigenvalue weighted by Crippen LogP contribution is 2.34. The van der Waals surface area contributed by atoms with Gasteiger partial charge in [-0.05, 0) is 55.7 Å². The smallest absolute Gasteiger partial charge is 0.0175 e. The van der Waals surface area contributed by atoms with Gasteiger partial charge in [0, 0.05) is 16.6 Å². The molecule has 0 amide bonds. The molecule has 0 aromatic heterocycles. The zero-order chi connectivity index (χ0) is 13.8. The van der Waals surface area contributed by atoms with Crippen LogP contribution < -0.4 is 5.32 Å². The molecule has 0 saturated heterocycles. The van der Waals surface area contributed by atoms with Crippen LogP contribution in [0, 0.1) is 11.8 Å². The molecule has 106 valence electrons. The highest BCUT2D eigenvalue weighted by atomic mass is 79.9. The van der Waals surface area contributed by atoms with Gasteiger partial charge in [-0.1, -0.05) is 48.3 Å². The lowest BCUT2D eigenvalue weighted by molar-refractivity contribution is 0.325. The molecule has 1 N–H and O–H groups in total. The van der Waals surface area contributed by atoms with Crippen LogP contribution in [0.25, 0.3) is 0 Å². The Morgan fingerprint density at radius 1 is 1.26 bits per heavy atom. The van der Waals surface area contributed by atoms with E-state index >= 15 is 0 Å². The van der Waals surface area contributed by atoms with Crippen molar-refractivity contribution in [3.8, 4) is 0 Å². The van der Waals surface area contributed by atoms with Crippen molar-refractivity contribution in [3.05, 3.63) is 34.3 Å². The summed E-state index contributed by atoms with van der Waals surface area (Å²) in [6.07, 6.45) is 5.21. The van der Waals surface area contributed by atoms with Gasteiger partial charge in [0.25, 0.3) is 0 Å². The Labute approximate surface area is 126 Å². The highest BCUT2D eigenvalue weighted by Gasteiger charge is 2.31. The minimum Gasteiger partial charge on any atom is -0.311 e. The maximum absolute atomic E-state index is 3.84. The zero-order valence-corrected chi connectivity index (χ0v) is 13.9. The van der Waals surface area contributed by atoms with E-state index in [9.17, 15) is 0 Å². The first-order valence-electron chi connectivity index (χ1n) is 7.60. The monoisotopic (exact) mass is 323 g/mol. The molecule has 1 saturated carbocycles. The van der Waals surface area contributed by atoms with Gasteiger partial charge in [-0.15, -0.1) is 0 Å². The van der Waals surface area contributed by atoms with E-state index in [2.05, 4.69) is 66.3 Å². The van der Waals surface area contributed by atoms with Gasteiger partial charge in [0.05, 0.1) is 0 Å². The number of hydrogen-bond donors (Lipinski definition) is 1. The van der Waals surface area contributed by atoms with Crippen molar-refractivity contribution >= 4 is 15.9 Å². The molecule has 1 aromatic carbocycles. The molecule has 1 aliphatic rings. The maximum Gasteiger partial charge on any atom is 0.0175 e. The average molecular weight is 324 g/mol. The molecule has 19 heavy (non-hydrogen) atoms. The molecule has 2 rings (SSSR count). The summed E-state index contributed by atoms with van der Waals surface area (Å²) in [5, 5.41) is 3.84. The van der Waals surface area contributed by atoms with Gasteiger partial charge < -0.3 is 5.32 Å². The number of hydrogen-bond acceptors (Lipinski definition) is 1. The Kier molecular flexibility index (Phi) is 5.47. The molecular formula is C17H26BrN. The highest BCUT2D eigenvalue weighted by molar-refractivity contribution is 9.10. The van der Waals surface area contributed by atoms with Crippen LogP contribution in [-0.4, -0.2) is 12.1 Å². The fourth-order valence-electron chi connectivity index (χ4n) is 3.46. The number of nitrogens with one attached hydrogen (secondary N) is 1. The van der Waals surface area contributed by atoms with Crippen LogP contribution in [0.5, 0.6) is 0 Å². The second kappa shape index (κ2) is 6.90. The van der Waals surface area contributed by atoms with Crippen LogP contribution in [0.15, 0.2) is 28.7 Å². The SMILES string of the molecule is CCC1CCC(NC(C)Cc2ccc(Br)cc2)C1C. The lowest BCUT2D eigenvalue weighted by Crippen LogP contribution is -2.40. The molecular weight excluding hydrogens is 298 g/mol. The average Bonchev–Trinajstić information content (AvgIpc) is 2.73. The predicted octanol–water partition coefficient (Wildman–Crippen LogP) is 4.79. The van der Waals surface area contributed by atoms with Gasteiger partial charge in [-0.25, -0.2) is 0 Å². The zero-order valence-electron chi connectivity index (χ0n) is 12.3. The summed E-state index contributed by atoms with van der Waals surface area (Å²) in [5.74, 6) is 1.76. The molecule has 1 aromatic rings. The van der Waals surface area contributed by atoms with Crippen LogP contribution in [0.1, 0.15) is 45.6 Å². The standard InChI is InChI=1S/C17H26BrN/c1-4-15-7-10-17(13(15)3)19-12(2)11-14-5-8-16(18)9-6-14/h5-6,8-9,12-13,15,17,19H,4,7,10-11H2,1-3H3. The fourth-order valence-corrected chi connectivity index (χ4v) is 3.72. The first kappa shape index (κ1) is 15.1. The van der Waals surface area contributed by atoms with E-state index in [-0.39, 0.29) is 0 Å². The first-order chi connectivity index (χ1) is 9.10. The maximum atomic E-state index is 3.84. The van der Waals surface area contributed by atoms with Crippen molar-refractivity contribution in [2.24, 2.45) is 11.8 Å². The van der Waals surface area contributed by atoms with Crippen molar-refractivity contribution in [2.45, 2.75) is 58.5 Å². The van der Waals surface area contributed by atoms with Gasteiger partial charge in [0.1, 0.15) is 0 Å². The predicted molar refractivity (Wildman–Crippen MR) is 86.4 cm³/mol. The lowest BCUT2D eigenvalue weighted by Gasteiger charge is -2.25. The Morgan fingerprint density at radius 2 is 1.95 bits per heavy atom. The van der Waals surface area contributed by atoms with E-state index in [1.807, 2.05) is 0 Å². The minimum absolute atomic E-state index is 0.559. The van der Waals surface area contributed by atoms with Crippen LogP contribution in [0.3, 0.4) is 0 Å². The molecule has 0 radical (unpaired) electrons. The molecule has 4 atom stereocenters. The second-order valence-corrected chi connectivity index (χ2v) is 7.03. The topological polar surface area (TPSA) is 12.0 Å². The third-order valence-corrected chi connectivity index (χ3v) is 5.23. The Morgan fingerprint density at radius 3 is 2.53 bits per heavy atom. The van der Waals surface area contributed by atoms with E-state index < -0.39 is 0 Å². The molecule has 0 spiro atoms. The molecule has 1 aliphatic carbocycles. The van der Waals surface area contributed by atoms with Gasteiger partial charge in [-0.2, -0.15) is 0 Å². The Balaban J connectivity index is 1.84. The summed E-state index contributed by atoms with van der Waals surface area (Å²) in [5.41, 5.74) is 1.42. The molecule has 0 heterocycles. The minimum atomic E-state index is 0.559. The third-order valence-electron chi connectivity index (χ3n) is 4.70. The summed E-state index contributed by atoms with van der Waals surface area (Å²) in [6, 6.07) is 9.98. The second-order valence-electron chi connectivity index (χ2n) is 6.11. The van der Waals surface area contributed by atoms with Crippen molar-refractivity contribution in [1.82, 2.24) is 5.32 Å². The van der Waals surface area contributed by atoms with Crippen LogP contribution in [-0.2, 0) is 6.42 Å². The van der Waals surface area contributed by atoms with E-state index in [1.54, 1.807) is 0 Å². The number of benzene rings is 1. The summed E-state index contributed by atoms with van der Waals surface area (Å²) in [4.78, 5) is 0. The largest absolute Gasteiger partial charge is 0.311 e.